The van der Waals surface area contributed by atoms with Gasteiger partial charge in [-0.15, -0.1) is 0 Å². The first-order valence-electron chi connectivity index (χ1n) is 13.2. The van der Waals surface area contributed by atoms with Crippen LogP contribution in [-0.2, 0) is 30.4 Å². The van der Waals surface area contributed by atoms with Crippen LogP contribution in [-0.4, -0.2) is 75.9 Å². The van der Waals surface area contributed by atoms with Crippen molar-refractivity contribution in [3.8, 4) is 0 Å². The van der Waals surface area contributed by atoms with Crippen LogP contribution in [0.25, 0.3) is 10.9 Å². The topological polar surface area (TPSA) is 209 Å². The number of fused-ring (bicyclic) bond motifs is 1. The first-order valence-corrected chi connectivity index (χ1v) is 14.6. The second kappa shape index (κ2) is 15.9. The lowest BCUT2D eigenvalue weighted by atomic mass is 9.96. The van der Waals surface area contributed by atoms with Crippen molar-refractivity contribution in [3.63, 3.8) is 0 Å². The molecule has 1 aromatic heterocycles. The molecule has 0 aliphatic carbocycles. The number of aliphatic carboxylic acids is 1. The highest BCUT2D eigenvalue weighted by molar-refractivity contribution is 7.98. The Bertz CT molecular complexity index is 1190. The summed E-state index contributed by atoms with van der Waals surface area (Å²) in [6, 6.07) is 3.16. The number of amides is 4. The molecule has 0 saturated heterocycles. The molecule has 1 aromatic carbocycles. The van der Waals surface area contributed by atoms with E-state index < -0.39 is 53.8 Å². The monoisotopic (exact) mass is 576 g/mol. The number of carbonyl (C=O) groups excluding carboxylic acids is 4. The third-order valence-corrected chi connectivity index (χ3v) is 7.43. The van der Waals surface area contributed by atoms with Gasteiger partial charge in [0.15, 0.2) is 0 Å². The molecule has 5 unspecified atom stereocenters. The number of rotatable bonds is 17. The minimum absolute atomic E-state index is 0.0307. The molecule has 5 atom stereocenters. The summed E-state index contributed by atoms with van der Waals surface area (Å²) in [6.45, 7) is 3.62. The Morgan fingerprint density at radius 2 is 1.68 bits per heavy atom. The molecular formula is C27H40N6O6S. The SMILES string of the molecule is CCC(C)C(NC(=O)C(CCSC)NC(=O)C(N)CCC(N)=O)C(=O)NC(Cc1c[nH]c2ccccc12)C(=O)O. The van der Waals surface area contributed by atoms with Gasteiger partial charge in [0.25, 0.3) is 0 Å². The minimum Gasteiger partial charge on any atom is -0.480 e. The summed E-state index contributed by atoms with van der Waals surface area (Å²) >= 11 is 1.48. The maximum atomic E-state index is 13.3. The smallest absolute Gasteiger partial charge is 0.326 e. The van der Waals surface area contributed by atoms with Gasteiger partial charge in [-0.2, -0.15) is 11.8 Å². The number of primary amides is 1. The molecule has 13 heteroatoms. The molecule has 0 saturated carbocycles. The Hall–Kier alpha value is -3.58. The molecule has 40 heavy (non-hydrogen) atoms. The minimum atomic E-state index is -1.23. The van der Waals surface area contributed by atoms with Gasteiger partial charge in [-0.1, -0.05) is 38.5 Å². The second-order valence-electron chi connectivity index (χ2n) is 9.79. The highest BCUT2D eigenvalue weighted by atomic mass is 32.2. The predicted octanol–water partition coefficient (Wildman–Crippen LogP) is 0.641. The molecular weight excluding hydrogens is 536 g/mol. The number of hydrogen-bond donors (Lipinski definition) is 7. The molecule has 9 N–H and O–H groups in total. The van der Waals surface area contributed by atoms with Crippen molar-refractivity contribution in [2.24, 2.45) is 17.4 Å². The zero-order valence-corrected chi connectivity index (χ0v) is 23.9. The van der Waals surface area contributed by atoms with Crippen LogP contribution in [0, 0.1) is 5.92 Å². The standard InChI is InChI=1S/C27H40N6O6S/c1-4-15(2)23(33-25(36)20(11-12-40-3)31-24(35)18(28)9-10-22(29)34)26(37)32-21(27(38)39)13-16-14-30-19-8-6-5-7-17(16)19/h5-8,14-15,18,20-21,23,30H,4,9-13,28H2,1-3H3,(H2,29,34)(H,31,35)(H,32,37)(H,33,36)(H,38,39). The zero-order chi connectivity index (χ0) is 29.8. The lowest BCUT2D eigenvalue weighted by Gasteiger charge is -2.28. The van der Waals surface area contributed by atoms with Gasteiger partial charge >= 0.3 is 5.97 Å². The molecule has 220 valence electrons. The summed E-state index contributed by atoms with van der Waals surface area (Å²) in [5, 5.41) is 18.6. The van der Waals surface area contributed by atoms with Crippen molar-refractivity contribution in [2.45, 2.75) is 70.1 Å². The van der Waals surface area contributed by atoms with Gasteiger partial charge in [0, 0.05) is 29.9 Å². The van der Waals surface area contributed by atoms with Gasteiger partial charge in [-0.25, -0.2) is 4.79 Å². The molecule has 12 nitrogen and oxygen atoms in total. The Labute approximate surface area is 237 Å². The zero-order valence-electron chi connectivity index (χ0n) is 23.1. The first-order chi connectivity index (χ1) is 19.0. The van der Waals surface area contributed by atoms with Crippen LogP contribution in [0.1, 0.15) is 45.1 Å². The molecule has 0 aliphatic rings. The van der Waals surface area contributed by atoms with E-state index in [9.17, 15) is 29.1 Å². The lowest BCUT2D eigenvalue weighted by Crippen LogP contribution is -2.59. The molecule has 0 radical (unpaired) electrons. The molecule has 0 fully saturated rings. The van der Waals surface area contributed by atoms with E-state index in [2.05, 4.69) is 20.9 Å². The summed E-state index contributed by atoms with van der Waals surface area (Å²) in [5.41, 5.74) is 12.6. The average molecular weight is 577 g/mol. The number of carbonyl (C=O) groups is 5. The van der Waals surface area contributed by atoms with Crippen LogP contribution in [0.15, 0.2) is 30.5 Å². The molecule has 0 spiro atoms. The predicted molar refractivity (Wildman–Crippen MR) is 154 cm³/mol. The molecule has 1 heterocycles. The van der Waals surface area contributed by atoms with Gasteiger partial charge < -0.3 is 37.5 Å². The molecule has 2 aromatic rings. The van der Waals surface area contributed by atoms with E-state index in [1.54, 1.807) is 13.1 Å². The van der Waals surface area contributed by atoms with Gasteiger partial charge in [0.2, 0.25) is 23.6 Å². The molecule has 0 aliphatic heterocycles. The molecule has 0 bridgehead atoms. The number of nitrogens with one attached hydrogen (secondary N) is 4. The van der Waals surface area contributed by atoms with Crippen LogP contribution < -0.4 is 27.4 Å². The van der Waals surface area contributed by atoms with Crippen LogP contribution in [0.4, 0.5) is 0 Å². The Morgan fingerprint density at radius 3 is 2.30 bits per heavy atom. The van der Waals surface area contributed by atoms with Crippen molar-refractivity contribution in [3.05, 3.63) is 36.0 Å². The Kier molecular flexibility index (Phi) is 12.9. The third-order valence-electron chi connectivity index (χ3n) is 6.79. The van der Waals surface area contributed by atoms with Gasteiger partial charge in [-0.3, -0.25) is 19.2 Å². The van der Waals surface area contributed by atoms with Crippen molar-refractivity contribution < 1.29 is 29.1 Å². The quantitative estimate of drug-likeness (QED) is 0.142. The summed E-state index contributed by atoms with van der Waals surface area (Å²) in [5.74, 6) is -3.43. The van der Waals surface area contributed by atoms with E-state index in [0.29, 0.717) is 12.2 Å². The van der Waals surface area contributed by atoms with Crippen molar-refractivity contribution >= 4 is 52.3 Å². The number of carboxylic acids is 1. The number of benzene rings is 1. The van der Waals surface area contributed by atoms with Crippen LogP contribution in [0.2, 0.25) is 0 Å². The van der Waals surface area contributed by atoms with E-state index >= 15 is 0 Å². The number of aromatic amines is 1. The number of H-pyrrole nitrogens is 1. The fraction of sp³-hybridized carbons (Fsp3) is 0.519. The maximum absolute atomic E-state index is 13.3. The summed E-state index contributed by atoms with van der Waals surface area (Å²) in [6.07, 6.45) is 4.37. The number of thioether (sulfide) groups is 1. The van der Waals surface area contributed by atoms with E-state index in [1.165, 1.54) is 11.8 Å². The number of nitrogens with two attached hydrogens (primary N) is 2. The fourth-order valence-electron chi connectivity index (χ4n) is 4.15. The summed E-state index contributed by atoms with van der Waals surface area (Å²) < 4.78 is 0. The Morgan fingerprint density at radius 1 is 1.00 bits per heavy atom. The van der Waals surface area contributed by atoms with Crippen LogP contribution in [0.3, 0.4) is 0 Å². The van der Waals surface area contributed by atoms with E-state index in [4.69, 9.17) is 11.5 Å². The number of para-hydroxylation sites is 1. The van der Waals surface area contributed by atoms with Crippen LogP contribution in [0.5, 0.6) is 0 Å². The number of aromatic nitrogens is 1. The summed E-state index contributed by atoms with van der Waals surface area (Å²) in [7, 11) is 0. The first kappa shape index (κ1) is 32.6. The maximum Gasteiger partial charge on any atom is 0.326 e. The molecule has 4 amide bonds. The third kappa shape index (κ3) is 9.56. The number of hydrogen-bond acceptors (Lipinski definition) is 7. The van der Waals surface area contributed by atoms with Gasteiger partial charge in [0.05, 0.1) is 6.04 Å². The van der Waals surface area contributed by atoms with E-state index in [0.717, 1.165) is 16.5 Å². The Balaban J connectivity index is 2.16. The van der Waals surface area contributed by atoms with E-state index in [-0.39, 0.29) is 31.6 Å². The van der Waals surface area contributed by atoms with Gasteiger partial charge in [-0.05, 0) is 42.4 Å². The normalized spacial score (nSPS) is 14.9. The highest BCUT2D eigenvalue weighted by Gasteiger charge is 2.33. The fourth-order valence-corrected chi connectivity index (χ4v) is 4.62. The summed E-state index contributed by atoms with van der Waals surface area (Å²) in [4.78, 5) is 65.4. The highest BCUT2D eigenvalue weighted by Crippen LogP contribution is 2.19. The van der Waals surface area contributed by atoms with Gasteiger partial charge in [0.1, 0.15) is 18.1 Å². The van der Waals surface area contributed by atoms with Crippen molar-refractivity contribution in [1.82, 2.24) is 20.9 Å². The van der Waals surface area contributed by atoms with Crippen molar-refractivity contribution in [1.29, 1.82) is 0 Å². The largest absolute Gasteiger partial charge is 0.480 e. The molecule has 2 rings (SSSR count). The lowest BCUT2D eigenvalue weighted by molar-refractivity contribution is -0.142. The van der Waals surface area contributed by atoms with Crippen molar-refractivity contribution in [2.75, 3.05) is 12.0 Å². The number of carboxylic acid groups (broad SMARTS) is 1. The van der Waals surface area contributed by atoms with E-state index in [1.807, 2.05) is 37.4 Å². The van der Waals surface area contributed by atoms with Crippen LogP contribution >= 0.6 is 11.8 Å². The average Bonchev–Trinajstić information content (AvgIpc) is 3.33. The second-order valence-corrected chi connectivity index (χ2v) is 10.8.